The number of hydrogen-bond acceptors (Lipinski definition) is 2. The van der Waals surface area contributed by atoms with E-state index in [4.69, 9.17) is 0 Å². The van der Waals surface area contributed by atoms with Crippen LogP contribution in [0.5, 0.6) is 5.75 Å². The molecule has 1 N–H and O–H groups in total. The van der Waals surface area contributed by atoms with Gasteiger partial charge in [-0.05, 0) is 34.7 Å². The fourth-order valence-corrected chi connectivity index (χ4v) is 1.88. The highest BCUT2D eigenvalue weighted by Gasteiger charge is 2.32. The Hall–Kier alpha value is -0.990. The molecule has 0 spiro atoms. The highest BCUT2D eigenvalue weighted by atomic mass is 127. The first-order chi connectivity index (χ1) is 6.97. The van der Waals surface area contributed by atoms with Gasteiger partial charge in [-0.25, -0.2) is 4.98 Å². The average Bonchev–Trinajstić information content (AvgIpc) is 2.56. The van der Waals surface area contributed by atoms with Crippen LogP contribution >= 0.6 is 22.6 Å². The number of nitrogens with one attached hydrogen (secondary N) is 1. The van der Waals surface area contributed by atoms with Crippen molar-refractivity contribution in [1.29, 1.82) is 0 Å². The van der Waals surface area contributed by atoms with Gasteiger partial charge in [0.25, 0.3) is 0 Å². The van der Waals surface area contributed by atoms with Gasteiger partial charge in [-0.15, -0.1) is 13.2 Å². The second-order valence-corrected chi connectivity index (χ2v) is 3.80. The van der Waals surface area contributed by atoms with Crippen LogP contribution in [0.25, 0.3) is 11.0 Å². The molecule has 0 aliphatic heterocycles. The van der Waals surface area contributed by atoms with Gasteiger partial charge in [-0.2, -0.15) is 0 Å². The fourth-order valence-electron chi connectivity index (χ4n) is 1.16. The topological polar surface area (TPSA) is 37.9 Å². The lowest BCUT2D eigenvalue weighted by atomic mass is 10.3. The fraction of sp³-hybridized carbons (Fsp3) is 0.125. The molecule has 0 aliphatic carbocycles. The SMILES string of the molecule is FC(F)(F)Oc1ccc2[nH]cnc2c1I. The van der Waals surface area contributed by atoms with Gasteiger partial charge in [0.2, 0.25) is 0 Å². The summed E-state index contributed by atoms with van der Waals surface area (Å²) < 4.78 is 40.2. The van der Waals surface area contributed by atoms with Crippen LogP contribution in [0.3, 0.4) is 0 Å². The van der Waals surface area contributed by atoms with E-state index < -0.39 is 6.36 Å². The summed E-state index contributed by atoms with van der Waals surface area (Å²) in [6, 6.07) is 2.75. The number of H-pyrrole nitrogens is 1. The van der Waals surface area contributed by atoms with E-state index in [-0.39, 0.29) is 5.75 Å². The van der Waals surface area contributed by atoms with Gasteiger partial charge < -0.3 is 9.72 Å². The maximum absolute atomic E-state index is 12.0. The first-order valence-electron chi connectivity index (χ1n) is 3.85. The molecule has 15 heavy (non-hydrogen) atoms. The molecule has 3 nitrogen and oxygen atoms in total. The maximum Gasteiger partial charge on any atom is 0.573 e. The molecular weight excluding hydrogens is 324 g/mol. The third-order valence-corrected chi connectivity index (χ3v) is 2.76. The van der Waals surface area contributed by atoms with Crippen LogP contribution in [-0.2, 0) is 0 Å². The summed E-state index contributed by atoms with van der Waals surface area (Å²) in [6.07, 6.45) is -3.26. The third kappa shape index (κ3) is 2.16. The first-order valence-corrected chi connectivity index (χ1v) is 4.92. The van der Waals surface area contributed by atoms with Crippen LogP contribution in [-0.4, -0.2) is 16.3 Å². The van der Waals surface area contributed by atoms with Crippen molar-refractivity contribution < 1.29 is 17.9 Å². The number of fused-ring (bicyclic) bond motifs is 1. The molecule has 0 bridgehead atoms. The number of alkyl halides is 3. The number of aromatic amines is 1. The van der Waals surface area contributed by atoms with Crippen LogP contribution in [0.2, 0.25) is 0 Å². The predicted octanol–water partition coefficient (Wildman–Crippen LogP) is 3.07. The molecule has 0 unspecified atom stereocenters. The maximum atomic E-state index is 12.0. The minimum Gasteiger partial charge on any atom is -0.405 e. The van der Waals surface area contributed by atoms with Crippen LogP contribution < -0.4 is 4.74 Å². The number of ether oxygens (including phenoxy) is 1. The predicted molar refractivity (Wildman–Crippen MR) is 55.5 cm³/mol. The molecule has 0 amide bonds. The smallest absolute Gasteiger partial charge is 0.405 e. The highest BCUT2D eigenvalue weighted by Crippen LogP contribution is 2.31. The van der Waals surface area contributed by atoms with Crippen LogP contribution in [0.15, 0.2) is 18.5 Å². The molecular formula is C8H4F3IN2O. The summed E-state index contributed by atoms with van der Waals surface area (Å²) in [7, 11) is 0. The number of halogens is 4. The molecule has 0 saturated carbocycles. The molecule has 0 saturated heterocycles. The largest absolute Gasteiger partial charge is 0.573 e. The molecule has 0 radical (unpaired) electrons. The van der Waals surface area contributed by atoms with Crippen molar-refractivity contribution in [2.75, 3.05) is 0 Å². The van der Waals surface area contributed by atoms with Crippen molar-refractivity contribution in [3.8, 4) is 5.75 Å². The van der Waals surface area contributed by atoms with E-state index in [9.17, 15) is 13.2 Å². The van der Waals surface area contributed by atoms with E-state index in [1.165, 1.54) is 18.5 Å². The zero-order valence-corrected chi connectivity index (χ0v) is 9.26. The summed E-state index contributed by atoms with van der Waals surface area (Å²) in [5.74, 6) is -0.234. The van der Waals surface area contributed by atoms with Gasteiger partial charge in [0.1, 0.15) is 11.3 Å². The average molecular weight is 328 g/mol. The standard InChI is InChI=1S/C8H4F3IN2O/c9-8(10,11)15-5-2-1-4-7(6(5)12)14-3-13-4/h1-3H,(H,13,14). The molecule has 2 rings (SSSR count). The Kier molecular flexibility index (Phi) is 2.49. The molecule has 0 aliphatic rings. The Labute approximate surface area is 95.8 Å². The van der Waals surface area contributed by atoms with Gasteiger partial charge in [0, 0.05) is 0 Å². The van der Waals surface area contributed by atoms with Crippen molar-refractivity contribution in [3.63, 3.8) is 0 Å². The Morgan fingerprint density at radius 2 is 2.07 bits per heavy atom. The summed E-state index contributed by atoms with van der Waals surface area (Å²) in [5, 5.41) is 0. The van der Waals surface area contributed by atoms with Crippen LogP contribution in [0.1, 0.15) is 0 Å². The Morgan fingerprint density at radius 3 is 2.73 bits per heavy atom. The molecule has 1 aromatic heterocycles. The van der Waals surface area contributed by atoms with E-state index in [1.54, 1.807) is 22.6 Å². The second-order valence-electron chi connectivity index (χ2n) is 2.72. The van der Waals surface area contributed by atoms with E-state index in [2.05, 4.69) is 14.7 Å². The number of benzene rings is 1. The molecule has 2 aromatic rings. The van der Waals surface area contributed by atoms with Gasteiger partial charge in [0.05, 0.1) is 15.4 Å². The number of nitrogens with zero attached hydrogens (tertiary/aromatic N) is 1. The number of imidazole rings is 1. The molecule has 1 aromatic carbocycles. The molecule has 0 atom stereocenters. The molecule has 1 heterocycles. The van der Waals surface area contributed by atoms with E-state index in [0.717, 1.165) is 0 Å². The van der Waals surface area contributed by atoms with Crippen LogP contribution in [0, 0.1) is 3.57 Å². The van der Waals surface area contributed by atoms with Crippen molar-refractivity contribution in [2.24, 2.45) is 0 Å². The van der Waals surface area contributed by atoms with Gasteiger partial charge in [0.15, 0.2) is 0 Å². The molecule has 0 fully saturated rings. The summed E-state index contributed by atoms with van der Waals surface area (Å²) in [5.41, 5.74) is 1.14. The van der Waals surface area contributed by atoms with Crippen molar-refractivity contribution in [2.45, 2.75) is 6.36 Å². The quantitative estimate of drug-likeness (QED) is 0.817. The lowest BCUT2D eigenvalue weighted by molar-refractivity contribution is -0.274. The van der Waals surface area contributed by atoms with Gasteiger partial charge in [-0.1, -0.05) is 0 Å². The normalized spacial score (nSPS) is 12.0. The zero-order chi connectivity index (χ0) is 11.1. The minimum atomic E-state index is -4.68. The Bertz CT molecular complexity index is 494. The monoisotopic (exact) mass is 328 g/mol. The lowest BCUT2D eigenvalue weighted by Crippen LogP contribution is -2.17. The van der Waals surface area contributed by atoms with Gasteiger partial charge in [-0.3, -0.25) is 0 Å². The molecule has 80 valence electrons. The van der Waals surface area contributed by atoms with E-state index >= 15 is 0 Å². The number of rotatable bonds is 1. The number of aromatic nitrogens is 2. The third-order valence-electron chi connectivity index (χ3n) is 1.72. The van der Waals surface area contributed by atoms with E-state index in [1.807, 2.05) is 0 Å². The van der Waals surface area contributed by atoms with E-state index in [0.29, 0.717) is 14.6 Å². The van der Waals surface area contributed by atoms with Crippen molar-refractivity contribution in [3.05, 3.63) is 22.0 Å². The second kappa shape index (κ2) is 3.54. The Morgan fingerprint density at radius 1 is 1.33 bits per heavy atom. The van der Waals surface area contributed by atoms with Crippen molar-refractivity contribution >= 4 is 33.6 Å². The summed E-state index contributed by atoms with van der Waals surface area (Å²) in [4.78, 5) is 6.70. The minimum absolute atomic E-state index is 0.234. The van der Waals surface area contributed by atoms with Crippen LogP contribution in [0.4, 0.5) is 13.2 Å². The Balaban J connectivity index is 2.48. The van der Waals surface area contributed by atoms with Gasteiger partial charge >= 0.3 is 6.36 Å². The van der Waals surface area contributed by atoms with Crippen molar-refractivity contribution in [1.82, 2.24) is 9.97 Å². The lowest BCUT2D eigenvalue weighted by Gasteiger charge is -2.10. The zero-order valence-electron chi connectivity index (χ0n) is 7.10. The molecule has 7 heteroatoms. The summed E-state index contributed by atoms with van der Waals surface area (Å²) >= 11 is 1.77. The summed E-state index contributed by atoms with van der Waals surface area (Å²) in [6.45, 7) is 0. The number of hydrogen-bond donors (Lipinski definition) is 1. The first kappa shape index (κ1) is 10.5. The highest BCUT2D eigenvalue weighted by molar-refractivity contribution is 14.1.